The van der Waals surface area contributed by atoms with Crippen molar-refractivity contribution in [2.45, 2.75) is 44.7 Å². The normalized spacial score (nSPS) is 18.1. The van der Waals surface area contributed by atoms with E-state index in [1.54, 1.807) is 11.6 Å². The lowest BCUT2D eigenvalue weighted by Gasteiger charge is -2.29. The van der Waals surface area contributed by atoms with Crippen molar-refractivity contribution in [3.05, 3.63) is 83.2 Å². The molecule has 2 unspecified atom stereocenters. The number of aryl methyl sites for hydroxylation is 2. The molecule has 0 bridgehead atoms. The van der Waals surface area contributed by atoms with Gasteiger partial charge in [-0.3, -0.25) is 4.79 Å². The lowest BCUT2D eigenvalue weighted by Crippen LogP contribution is -2.28. The Morgan fingerprint density at radius 2 is 1.71 bits per heavy atom. The molecule has 1 aliphatic carbocycles. The van der Waals surface area contributed by atoms with Gasteiger partial charge in [0.25, 0.3) is 0 Å². The van der Waals surface area contributed by atoms with Crippen molar-refractivity contribution in [3.63, 3.8) is 0 Å². The minimum absolute atomic E-state index is 0.101. The summed E-state index contributed by atoms with van der Waals surface area (Å²) in [6.45, 7) is 1.83. The Hall–Kier alpha value is -3.75. The Bertz CT molecular complexity index is 1510. The summed E-state index contributed by atoms with van der Waals surface area (Å²) in [5, 5.41) is 2.46. The highest BCUT2D eigenvalue weighted by molar-refractivity contribution is 5.92. The van der Waals surface area contributed by atoms with Gasteiger partial charge in [-0.1, -0.05) is 30.7 Å². The highest BCUT2D eigenvalue weighted by atomic mass is 19.4. The molecule has 0 aliphatic heterocycles. The van der Waals surface area contributed by atoms with Gasteiger partial charge in [0.05, 0.1) is 16.8 Å². The van der Waals surface area contributed by atoms with Gasteiger partial charge in [-0.2, -0.15) is 13.2 Å². The molecular formula is C29H26F5N3O. The monoisotopic (exact) mass is 527 g/mol. The number of alkyl halides is 3. The van der Waals surface area contributed by atoms with E-state index < -0.39 is 23.5 Å². The summed E-state index contributed by atoms with van der Waals surface area (Å²) in [5.74, 6) is -1.42. The minimum Gasteiger partial charge on any atom is -0.329 e. The predicted octanol–water partition coefficient (Wildman–Crippen LogP) is 7.76. The molecule has 1 N–H and O–H groups in total. The van der Waals surface area contributed by atoms with Crippen LogP contribution in [0.15, 0.2) is 54.6 Å². The van der Waals surface area contributed by atoms with E-state index in [0.717, 1.165) is 47.5 Å². The molecule has 198 valence electrons. The molecular weight excluding hydrogens is 501 g/mol. The first-order valence-electron chi connectivity index (χ1n) is 12.4. The van der Waals surface area contributed by atoms with E-state index in [1.807, 2.05) is 37.3 Å². The molecule has 2 atom stereocenters. The van der Waals surface area contributed by atoms with Gasteiger partial charge in [0.1, 0.15) is 23.0 Å². The molecule has 4 nitrogen and oxygen atoms in total. The molecule has 1 heterocycles. The highest BCUT2D eigenvalue weighted by Gasteiger charge is 2.32. The number of rotatable bonds is 4. The van der Waals surface area contributed by atoms with Crippen LogP contribution in [0, 0.1) is 24.5 Å². The van der Waals surface area contributed by atoms with Crippen LogP contribution in [0.1, 0.15) is 48.6 Å². The van der Waals surface area contributed by atoms with E-state index in [9.17, 15) is 26.7 Å². The zero-order valence-corrected chi connectivity index (χ0v) is 20.9. The number of benzene rings is 3. The van der Waals surface area contributed by atoms with E-state index in [4.69, 9.17) is 0 Å². The number of carbonyl (C=O) groups excluding carboxylic acids is 1. The lowest BCUT2D eigenvalue weighted by molar-refractivity contribution is -0.137. The summed E-state index contributed by atoms with van der Waals surface area (Å²) >= 11 is 0. The van der Waals surface area contributed by atoms with Gasteiger partial charge in [-0.25, -0.2) is 13.8 Å². The van der Waals surface area contributed by atoms with Gasteiger partial charge in [-0.15, -0.1) is 0 Å². The summed E-state index contributed by atoms with van der Waals surface area (Å²) < 4.78 is 69.1. The zero-order chi connectivity index (χ0) is 27.2. The quantitative estimate of drug-likeness (QED) is 0.276. The number of imidazole rings is 1. The van der Waals surface area contributed by atoms with E-state index >= 15 is 0 Å². The largest absolute Gasteiger partial charge is 0.416 e. The Balaban J connectivity index is 1.28. The molecule has 3 aromatic carbocycles. The topological polar surface area (TPSA) is 46.9 Å². The smallest absolute Gasteiger partial charge is 0.329 e. The van der Waals surface area contributed by atoms with Crippen LogP contribution in [-0.2, 0) is 18.0 Å². The molecule has 9 heteroatoms. The van der Waals surface area contributed by atoms with Crippen molar-refractivity contribution < 1.29 is 26.7 Å². The van der Waals surface area contributed by atoms with Crippen LogP contribution >= 0.6 is 0 Å². The van der Waals surface area contributed by atoms with Gasteiger partial charge >= 0.3 is 6.18 Å². The minimum atomic E-state index is -4.66. The number of nitrogens with zero attached hydrogens (tertiary/aromatic N) is 2. The molecule has 0 radical (unpaired) electrons. The van der Waals surface area contributed by atoms with Crippen molar-refractivity contribution in [2.24, 2.45) is 13.0 Å². The van der Waals surface area contributed by atoms with E-state index in [1.165, 1.54) is 6.07 Å². The fourth-order valence-corrected chi connectivity index (χ4v) is 5.29. The number of hydrogen-bond acceptors (Lipinski definition) is 2. The number of fused-ring (bicyclic) bond motifs is 1. The van der Waals surface area contributed by atoms with Crippen LogP contribution in [-0.4, -0.2) is 15.5 Å². The van der Waals surface area contributed by atoms with Crippen molar-refractivity contribution in [1.29, 1.82) is 0 Å². The van der Waals surface area contributed by atoms with Gasteiger partial charge < -0.3 is 9.88 Å². The molecule has 1 amide bonds. The standard InChI is InChI=1S/C29H26F5N3O/c1-16-35-26-14-21(13-24(31)27(26)37(16)2)18-8-6-17(7-9-18)19-4-3-5-20(12-19)28(38)36-25-11-10-22(15-23(25)30)29(32,33)34/h6-11,13-15,19-20H,3-5,12H2,1-2H3,(H,36,38). The van der Waals surface area contributed by atoms with Crippen LogP contribution in [0.25, 0.3) is 22.2 Å². The Morgan fingerprint density at radius 3 is 2.39 bits per heavy atom. The van der Waals surface area contributed by atoms with Crippen LogP contribution in [0.4, 0.5) is 27.6 Å². The molecule has 1 aliphatic rings. The van der Waals surface area contributed by atoms with Crippen molar-refractivity contribution >= 4 is 22.6 Å². The second-order valence-electron chi connectivity index (χ2n) is 9.91. The average molecular weight is 528 g/mol. The summed E-state index contributed by atoms with van der Waals surface area (Å²) in [5.41, 5.74) is 2.30. The zero-order valence-electron chi connectivity index (χ0n) is 20.9. The second-order valence-corrected chi connectivity index (χ2v) is 9.91. The highest BCUT2D eigenvalue weighted by Crippen LogP contribution is 2.38. The number of aromatic nitrogens is 2. The van der Waals surface area contributed by atoms with Gasteiger partial charge in [0, 0.05) is 13.0 Å². The fraction of sp³-hybridized carbons (Fsp3) is 0.310. The maximum Gasteiger partial charge on any atom is 0.416 e. The Labute approximate surface area is 216 Å². The summed E-state index contributed by atoms with van der Waals surface area (Å²) in [6.07, 6.45) is -1.83. The van der Waals surface area contributed by atoms with Crippen LogP contribution in [0.3, 0.4) is 0 Å². The molecule has 0 saturated heterocycles. The summed E-state index contributed by atoms with van der Waals surface area (Å²) in [7, 11) is 1.78. The number of hydrogen-bond donors (Lipinski definition) is 1. The maximum atomic E-state index is 14.8. The van der Waals surface area contributed by atoms with Gasteiger partial charge in [-0.05, 0) is 79.1 Å². The Kier molecular flexibility index (Phi) is 6.71. The first-order chi connectivity index (χ1) is 18.0. The molecule has 1 fully saturated rings. The number of anilines is 1. The molecule has 4 aromatic rings. The Morgan fingerprint density at radius 1 is 0.974 bits per heavy atom. The van der Waals surface area contributed by atoms with Crippen LogP contribution in [0.5, 0.6) is 0 Å². The number of nitrogens with one attached hydrogen (secondary N) is 1. The number of carbonyl (C=O) groups is 1. The summed E-state index contributed by atoms with van der Waals surface area (Å²) in [6, 6.07) is 13.2. The van der Waals surface area contributed by atoms with E-state index in [-0.39, 0.29) is 23.3 Å². The van der Waals surface area contributed by atoms with E-state index in [0.29, 0.717) is 29.9 Å². The molecule has 38 heavy (non-hydrogen) atoms. The molecule has 0 spiro atoms. The molecule has 1 saturated carbocycles. The SMILES string of the molecule is Cc1nc2cc(-c3ccc(C4CCCC(C(=O)Nc5ccc(C(F)(F)F)cc5F)C4)cc3)cc(F)c2n1C. The lowest BCUT2D eigenvalue weighted by atomic mass is 9.77. The predicted molar refractivity (Wildman–Crippen MR) is 136 cm³/mol. The number of amides is 1. The van der Waals surface area contributed by atoms with Crippen molar-refractivity contribution in [2.75, 3.05) is 5.32 Å². The van der Waals surface area contributed by atoms with Crippen LogP contribution in [0.2, 0.25) is 0 Å². The van der Waals surface area contributed by atoms with Gasteiger partial charge in [0.2, 0.25) is 5.91 Å². The van der Waals surface area contributed by atoms with Gasteiger partial charge in [0.15, 0.2) is 0 Å². The summed E-state index contributed by atoms with van der Waals surface area (Å²) in [4.78, 5) is 17.3. The van der Waals surface area contributed by atoms with E-state index in [2.05, 4.69) is 10.3 Å². The molecule has 5 rings (SSSR count). The number of halogens is 5. The van der Waals surface area contributed by atoms with Crippen molar-refractivity contribution in [3.8, 4) is 11.1 Å². The third-order valence-corrected chi connectivity index (χ3v) is 7.46. The average Bonchev–Trinajstić information content (AvgIpc) is 3.18. The third kappa shape index (κ3) is 5.01. The fourth-order valence-electron chi connectivity index (χ4n) is 5.29. The first kappa shape index (κ1) is 25.9. The maximum absolute atomic E-state index is 14.8. The first-order valence-corrected chi connectivity index (χ1v) is 12.4. The van der Waals surface area contributed by atoms with Crippen molar-refractivity contribution in [1.82, 2.24) is 9.55 Å². The molecule has 1 aromatic heterocycles. The third-order valence-electron chi connectivity index (χ3n) is 7.46. The second kappa shape index (κ2) is 9.85. The van der Waals surface area contributed by atoms with Crippen LogP contribution < -0.4 is 5.32 Å².